The van der Waals surface area contributed by atoms with Gasteiger partial charge in [-0.3, -0.25) is 0 Å². The fourth-order valence-electron chi connectivity index (χ4n) is 1.61. The molecule has 0 saturated heterocycles. The van der Waals surface area contributed by atoms with Gasteiger partial charge in [0, 0.05) is 4.43 Å². The third kappa shape index (κ3) is 6.06. The number of nitrogens with one attached hydrogen (secondary N) is 1. The maximum Gasteiger partial charge on any atom is 0.408 e. The lowest BCUT2D eigenvalue weighted by atomic mass is 10.1. The topological polar surface area (TPSA) is 38.3 Å². The molecule has 1 atom stereocenters. The Bertz CT molecular complexity index is 475. The van der Waals surface area contributed by atoms with Crippen molar-refractivity contribution in [1.29, 1.82) is 0 Å². The van der Waals surface area contributed by atoms with E-state index in [1.165, 1.54) is 0 Å². The van der Waals surface area contributed by atoms with Crippen LogP contribution in [0.1, 0.15) is 38.8 Å². The zero-order valence-corrected chi connectivity index (χ0v) is 15.3. The molecule has 0 unspecified atom stereocenters. The van der Waals surface area contributed by atoms with Gasteiger partial charge in [0.2, 0.25) is 0 Å². The number of alkyl carbamates (subject to hydrolysis) is 1. The number of ether oxygens (including phenoxy) is 1. The summed E-state index contributed by atoms with van der Waals surface area (Å²) in [4.78, 5) is 11.9. The molecule has 20 heavy (non-hydrogen) atoms. The van der Waals surface area contributed by atoms with Crippen LogP contribution in [0.2, 0.25) is 10.0 Å². The molecule has 1 amide bonds. The summed E-state index contributed by atoms with van der Waals surface area (Å²) in [6.07, 6.45) is 0.357. The molecule has 0 aliphatic heterocycles. The van der Waals surface area contributed by atoms with Gasteiger partial charge in [0.15, 0.2) is 0 Å². The first-order valence-electron chi connectivity index (χ1n) is 6.23. The molecule has 0 aliphatic rings. The van der Waals surface area contributed by atoms with Gasteiger partial charge in [-0.15, -0.1) is 0 Å². The lowest BCUT2D eigenvalue weighted by Crippen LogP contribution is -2.35. The molecule has 3 nitrogen and oxygen atoms in total. The summed E-state index contributed by atoms with van der Waals surface area (Å²) in [5.74, 6) is 0. The molecule has 0 saturated carbocycles. The molecule has 0 radical (unpaired) electrons. The van der Waals surface area contributed by atoms with Gasteiger partial charge in [-0.05, 0) is 44.9 Å². The minimum absolute atomic E-state index is 0.142. The van der Waals surface area contributed by atoms with Crippen LogP contribution in [0.25, 0.3) is 0 Å². The molecule has 0 aliphatic carbocycles. The quantitative estimate of drug-likeness (QED) is 0.515. The van der Waals surface area contributed by atoms with Crippen LogP contribution in [0.4, 0.5) is 4.79 Å². The maximum atomic E-state index is 11.9. The third-order valence-corrected chi connectivity index (χ3v) is 3.80. The molecule has 6 heteroatoms. The minimum Gasteiger partial charge on any atom is -0.444 e. The van der Waals surface area contributed by atoms with Gasteiger partial charge in [0.1, 0.15) is 5.60 Å². The van der Waals surface area contributed by atoms with E-state index in [4.69, 9.17) is 27.9 Å². The molecule has 1 rings (SSSR count). The van der Waals surface area contributed by atoms with Gasteiger partial charge < -0.3 is 10.1 Å². The predicted octanol–water partition coefficient (Wildman–Crippen LogP) is 5.38. The predicted molar refractivity (Wildman–Crippen MR) is 92.1 cm³/mol. The highest BCUT2D eigenvalue weighted by atomic mass is 127. The van der Waals surface area contributed by atoms with Crippen LogP contribution in [0.5, 0.6) is 0 Å². The molecule has 0 spiro atoms. The Kier molecular flexibility index (Phi) is 6.88. The van der Waals surface area contributed by atoms with E-state index in [2.05, 4.69) is 27.9 Å². The standard InChI is InChI=1S/C14H18Cl2INO2/c1-14(2,3)20-13(19)18-12(6-7-17)9-4-5-10(15)11(16)8-9/h4-5,8,12H,6-7H2,1-3H3,(H,18,19)/t12-/m1/s1. The second kappa shape index (κ2) is 7.71. The van der Waals surface area contributed by atoms with Crippen LogP contribution < -0.4 is 5.32 Å². The van der Waals surface area contributed by atoms with Gasteiger partial charge >= 0.3 is 6.09 Å². The Morgan fingerprint density at radius 2 is 2.00 bits per heavy atom. The Morgan fingerprint density at radius 3 is 2.50 bits per heavy atom. The van der Waals surface area contributed by atoms with Crippen molar-refractivity contribution < 1.29 is 9.53 Å². The summed E-state index contributed by atoms with van der Waals surface area (Å²) in [7, 11) is 0. The van der Waals surface area contributed by atoms with Crippen LogP contribution >= 0.6 is 45.8 Å². The average molecular weight is 430 g/mol. The fraction of sp³-hybridized carbons (Fsp3) is 0.500. The first kappa shape index (κ1) is 17.9. The number of alkyl halides is 1. The van der Waals surface area contributed by atoms with Crippen molar-refractivity contribution in [2.45, 2.75) is 38.8 Å². The fourth-order valence-corrected chi connectivity index (χ4v) is 2.54. The van der Waals surface area contributed by atoms with Crippen molar-refractivity contribution in [3.63, 3.8) is 0 Å². The van der Waals surface area contributed by atoms with Crippen LogP contribution in [-0.2, 0) is 4.74 Å². The molecule has 112 valence electrons. The average Bonchev–Trinajstić information content (AvgIpc) is 2.30. The van der Waals surface area contributed by atoms with Crippen LogP contribution in [0, 0.1) is 0 Å². The highest BCUT2D eigenvalue weighted by molar-refractivity contribution is 14.1. The Labute approximate surface area is 143 Å². The number of hydrogen-bond donors (Lipinski definition) is 1. The molecule has 1 aromatic rings. The summed E-state index contributed by atoms with van der Waals surface area (Å²) < 4.78 is 6.18. The number of amides is 1. The van der Waals surface area contributed by atoms with Gasteiger partial charge in [-0.25, -0.2) is 4.79 Å². The van der Waals surface area contributed by atoms with E-state index in [9.17, 15) is 4.79 Å². The zero-order valence-electron chi connectivity index (χ0n) is 11.7. The van der Waals surface area contributed by atoms with E-state index in [1.807, 2.05) is 26.8 Å². The second-order valence-electron chi connectivity index (χ2n) is 5.35. The van der Waals surface area contributed by atoms with Crippen molar-refractivity contribution in [2.24, 2.45) is 0 Å². The van der Waals surface area contributed by atoms with Crippen molar-refractivity contribution in [2.75, 3.05) is 4.43 Å². The molecule has 1 N–H and O–H groups in total. The van der Waals surface area contributed by atoms with Crippen LogP contribution in [0.15, 0.2) is 18.2 Å². The van der Waals surface area contributed by atoms with Crippen molar-refractivity contribution in [3.8, 4) is 0 Å². The van der Waals surface area contributed by atoms with Crippen molar-refractivity contribution >= 4 is 51.9 Å². The van der Waals surface area contributed by atoms with Gasteiger partial charge in [-0.1, -0.05) is 51.9 Å². The Balaban J connectivity index is 2.83. The van der Waals surface area contributed by atoms with Gasteiger partial charge in [0.05, 0.1) is 16.1 Å². The van der Waals surface area contributed by atoms with Gasteiger partial charge in [0.25, 0.3) is 0 Å². The normalized spacial score (nSPS) is 12.9. The van der Waals surface area contributed by atoms with Crippen LogP contribution in [0.3, 0.4) is 0 Å². The van der Waals surface area contributed by atoms with Crippen molar-refractivity contribution in [3.05, 3.63) is 33.8 Å². The van der Waals surface area contributed by atoms with E-state index in [0.717, 1.165) is 16.4 Å². The largest absolute Gasteiger partial charge is 0.444 e. The summed E-state index contributed by atoms with van der Waals surface area (Å²) in [5.41, 5.74) is 0.401. The monoisotopic (exact) mass is 429 g/mol. The highest BCUT2D eigenvalue weighted by Crippen LogP contribution is 2.27. The molecule has 0 bridgehead atoms. The summed E-state index contributed by atoms with van der Waals surface area (Å²) in [5, 5.41) is 3.85. The molecule has 0 aromatic heterocycles. The summed E-state index contributed by atoms with van der Waals surface area (Å²) in [6.45, 7) is 5.50. The second-order valence-corrected chi connectivity index (χ2v) is 7.24. The molecular weight excluding hydrogens is 412 g/mol. The number of carbonyl (C=O) groups excluding carboxylic acids is 1. The third-order valence-electron chi connectivity index (χ3n) is 2.43. The van der Waals surface area contributed by atoms with Gasteiger partial charge in [-0.2, -0.15) is 0 Å². The molecular formula is C14H18Cl2INO2. The molecule has 0 heterocycles. The van der Waals surface area contributed by atoms with Crippen LogP contribution in [-0.4, -0.2) is 16.1 Å². The van der Waals surface area contributed by atoms with E-state index < -0.39 is 11.7 Å². The lowest BCUT2D eigenvalue weighted by Gasteiger charge is -2.23. The number of hydrogen-bond acceptors (Lipinski definition) is 2. The van der Waals surface area contributed by atoms with Crippen molar-refractivity contribution in [1.82, 2.24) is 5.32 Å². The van der Waals surface area contributed by atoms with E-state index in [0.29, 0.717) is 10.0 Å². The first-order chi connectivity index (χ1) is 9.23. The summed E-state index contributed by atoms with van der Waals surface area (Å²) >= 11 is 14.2. The number of rotatable bonds is 4. The Hall–Kier alpha value is -0.200. The zero-order chi connectivity index (χ0) is 15.3. The SMILES string of the molecule is CC(C)(C)OC(=O)N[C@H](CCI)c1ccc(Cl)c(Cl)c1. The Morgan fingerprint density at radius 1 is 1.35 bits per heavy atom. The number of benzene rings is 1. The first-order valence-corrected chi connectivity index (χ1v) is 8.51. The minimum atomic E-state index is -0.517. The highest BCUT2D eigenvalue weighted by Gasteiger charge is 2.20. The number of carbonyl (C=O) groups is 1. The smallest absolute Gasteiger partial charge is 0.408 e. The molecule has 0 fully saturated rings. The summed E-state index contributed by atoms with van der Waals surface area (Å²) in [6, 6.07) is 5.23. The van der Waals surface area contributed by atoms with E-state index in [1.54, 1.807) is 12.1 Å². The van der Waals surface area contributed by atoms with E-state index >= 15 is 0 Å². The van der Waals surface area contributed by atoms with E-state index in [-0.39, 0.29) is 6.04 Å². The molecule has 1 aromatic carbocycles. The lowest BCUT2D eigenvalue weighted by molar-refractivity contribution is 0.0502. The maximum absolute atomic E-state index is 11.9. The number of halogens is 3.